The van der Waals surface area contributed by atoms with E-state index in [4.69, 9.17) is 51.0 Å². The number of methoxy groups -OCH3 is 1. The highest BCUT2D eigenvalue weighted by molar-refractivity contribution is 6.30. The Bertz CT molecular complexity index is 6750. The monoisotopic (exact) mass is 1600 g/mol. The summed E-state index contributed by atoms with van der Waals surface area (Å²) in [5.74, 6) is 0.303. The van der Waals surface area contributed by atoms with Gasteiger partial charge in [-0.3, -0.25) is 38.8 Å². The number of carbonyl (C=O) groups excluding carboxylic acids is 1. The first-order valence-electron chi connectivity index (χ1n) is 39.2. The molecule has 120 heavy (non-hydrogen) atoms. The number of nitro benzene ring substituents is 1. The summed E-state index contributed by atoms with van der Waals surface area (Å²) in [5.41, 5.74) is 23.8. The van der Waals surface area contributed by atoms with Gasteiger partial charge >= 0.3 is 11.9 Å². The third kappa shape index (κ3) is 19.2. The van der Waals surface area contributed by atoms with E-state index >= 15 is 0 Å². The van der Waals surface area contributed by atoms with Gasteiger partial charge in [0.2, 0.25) is 0 Å². The predicted molar refractivity (Wildman–Crippen MR) is 476 cm³/mol. The van der Waals surface area contributed by atoms with Crippen LogP contribution in [0, 0.1) is 37.8 Å². The molecule has 0 amide bonds. The fraction of sp³-hybridized carbons (Fsp3) is 0.110. The van der Waals surface area contributed by atoms with Crippen molar-refractivity contribution in [1.82, 2.24) is 49.3 Å². The molecule has 594 valence electrons. The van der Waals surface area contributed by atoms with E-state index in [0.717, 1.165) is 118 Å². The van der Waals surface area contributed by atoms with E-state index in [1.807, 2.05) is 125 Å². The number of carboxylic acids is 1. The topological polar surface area (TPSA) is 229 Å². The first kappa shape index (κ1) is 80.1. The summed E-state index contributed by atoms with van der Waals surface area (Å²) in [6.07, 6.45) is -0.426. The molecule has 0 spiro atoms. The maximum absolute atomic E-state index is 11.6. The minimum atomic E-state index is -1.04. The van der Waals surface area contributed by atoms with Gasteiger partial charge in [-0.25, -0.2) is 4.68 Å². The van der Waals surface area contributed by atoms with Crippen molar-refractivity contribution in [3.63, 3.8) is 0 Å². The molecule has 6 aromatic heterocycles. The summed E-state index contributed by atoms with van der Waals surface area (Å²) >= 11 is 6.12. The van der Waals surface area contributed by atoms with Gasteiger partial charge in [0, 0.05) is 66.3 Å². The number of carboxylic acid groups (broad SMARTS) is 1. The summed E-state index contributed by atoms with van der Waals surface area (Å²) in [6.45, 7) is 10.4. The Morgan fingerprint density at radius 3 is 1.36 bits per heavy atom. The third-order valence-electron chi connectivity index (χ3n) is 20.3. The Morgan fingerprint density at radius 1 is 0.433 bits per heavy atom. The number of esters is 1. The van der Waals surface area contributed by atoms with Crippen LogP contribution in [-0.4, -0.2) is 78.4 Å². The molecule has 20 heteroatoms. The number of H-pyrrole nitrogens is 1. The molecule has 19 aromatic rings. The second kappa shape index (κ2) is 37.2. The van der Waals surface area contributed by atoms with Gasteiger partial charge < -0.3 is 19.0 Å². The fourth-order valence-corrected chi connectivity index (χ4v) is 14.3. The third-order valence-corrected chi connectivity index (χ3v) is 20.6. The highest BCUT2D eigenvalue weighted by atomic mass is 35.5. The van der Waals surface area contributed by atoms with Crippen LogP contribution in [-0.2, 0) is 40.6 Å². The molecule has 0 fully saturated rings. The largest absolute Gasteiger partial charge is 0.497 e. The first-order valence-corrected chi connectivity index (χ1v) is 39.6. The fourth-order valence-electron chi connectivity index (χ4n) is 14.1. The second-order valence-corrected chi connectivity index (χ2v) is 29.4. The van der Waals surface area contributed by atoms with Gasteiger partial charge in [-0.05, 0) is 123 Å². The van der Waals surface area contributed by atoms with Crippen LogP contribution in [0.5, 0.6) is 5.75 Å². The van der Waals surface area contributed by atoms with Crippen LogP contribution in [0.2, 0.25) is 5.02 Å². The van der Waals surface area contributed by atoms with Gasteiger partial charge in [-0.1, -0.05) is 277 Å². The molecule has 0 aliphatic heterocycles. The standard InChI is InChI=1S/C23H20N2O5.C22H20N2O.C21H17ClN2.C20H15N3O2.C14H12N2/c26-21(27)12-13-22(28)29-15-17-10-11-20(30-17)23-18-8-4-5-9-19(18)25(24-23)14-16-6-2-1-3-7-16;1-16-7-11-18(12-8-16)22-20-5-3-4-6-21(20)24(23-22)15-17-9-13-19(25-2)14-10-17;1-15-9-11-17(12-10-15)21-19-7-2-3-8-20(19)24(23-21)14-16-5-4-6-18(22)13-16;1-14-6-8-15(9-7-14)20-18-4-2-3-5-19(18)22(21-20)16-10-12-17(13-11-16)23(24)25;1-10-6-8-11(9-7-10)14-12-4-2-3-5-13(12)15-16-14/h1-11H,12-15H2,(H,26,27);3-14H,15H2,1-2H3;2-13H,14H2,1H3;2-13H,1H3;2-9H,1H3,(H,15,16). The number of aromatic nitrogens is 10. The average Bonchev–Trinajstić information content (AvgIpc) is 1.66. The Balaban J connectivity index is 0.000000118. The number of aliphatic carboxylic acids is 1. The van der Waals surface area contributed by atoms with Crippen LogP contribution in [0.1, 0.15) is 57.5 Å². The normalized spacial score (nSPS) is 10.9. The Hall–Kier alpha value is -15.1. The second-order valence-electron chi connectivity index (χ2n) is 29.0. The van der Waals surface area contributed by atoms with Gasteiger partial charge in [-0.2, -0.15) is 25.5 Å². The minimum absolute atomic E-state index is 0.0545. The van der Waals surface area contributed by atoms with Crippen molar-refractivity contribution in [1.29, 1.82) is 0 Å². The van der Waals surface area contributed by atoms with Crippen LogP contribution < -0.4 is 4.74 Å². The van der Waals surface area contributed by atoms with Crippen LogP contribution in [0.4, 0.5) is 5.69 Å². The maximum atomic E-state index is 11.6. The molecule has 13 aromatic carbocycles. The molecule has 0 atom stereocenters. The Labute approximate surface area is 697 Å². The maximum Gasteiger partial charge on any atom is 0.306 e. The number of hydrogen-bond acceptors (Lipinski definition) is 12. The lowest BCUT2D eigenvalue weighted by Crippen LogP contribution is -2.07. The van der Waals surface area contributed by atoms with E-state index in [2.05, 4.69) is 229 Å². The molecule has 0 radical (unpaired) electrons. The smallest absolute Gasteiger partial charge is 0.306 e. The number of aromatic amines is 1. The number of halogens is 1. The lowest BCUT2D eigenvalue weighted by atomic mass is 10.1. The number of ether oxygens (including phenoxy) is 2. The lowest BCUT2D eigenvalue weighted by Gasteiger charge is -2.05. The van der Waals surface area contributed by atoms with E-state index < -0.39 is 16.9 Å². The number of nitrogens with zero attached hydrogens (tertiary/aromatic N) is 10. The summed E-state index contributed by atoms with van der Waals surface area (Å²) < 4.78 is 24.1. The number of carbonyl (C=O) groups is 2. The number of rotatable bonds is 19. The molecule has 0 unspecified atom stereocenters. The molecule has 0 saturated carbocycles. The molecule has 19 nitrogen and oxygen atoms in total. The van der Waals surface area contributed by atoms with Crippen molar-refractivity contribution < 1.29 is 33.5 Å². The minimum Gasteiger partial charge on any atom is -0.497 e. The SMILES string of the molecule is COc1ccc(Cn2nc(-c3ccc(C)cc3)c3ccccc32)cc1.Cc1ccc(-c2n[nH]c3ccccc23)cc1.Cc1ccc(-c2nn(-c3ccc([N+](=O)[O-])cc3)c3ccccc23)cc1.Cc1ccc(-c2nn(Cc3cccc(Cl)c3)c3ccccc23)cc1.O=C(O)CCC(=O)OCc1ccc(-c2nn(Cc3ccccc3)c3ccccc23)o1. The first-order chi connectivity index (χ1) is 58.5. The van der Waals surface area contributed by atoms with Crippen molar-refractivity contribution >= 4 is 83.7 Å². The number of benzene rings is 13. The van der Waals surface area contributed by atoms with Gasteiger partial charge in [0.05, 0.1) is 83.5 Å². The number of nitro groups is 1. The lowest BCUT2D eigenvalue weighted by molar-refractivity contribution is -0.384. The number of nitrogens with one attached hydrogen (secondary N) is 1. The van der Waals surface area contributed by atoms with Crippen molar-refractivity contribution in [2.75, 3.05) is 7.11 Å². The summed E-state index contributed by atoms with van der Waals surface area (Å²) in [7, 11) is 1.68. The molecule has 19 rings (SSSR count). The van der Waals surface area contributed by atoms with E-state index in [1.54, 1.807) is 31.4 Å². The quantitative estimate of drug-likeness (QED) is 0.0436. The van der Waals surface area contributed by atoms with E-state index in [9.17, 15) is 19.7 Å². The van der Waals surface area contributed by atoms with E-state index in [-0.39, 0.29) is 25.1 Å². The van der Waals surface area contributed by atoms with Crippen LogP contribution in [0.25, 0.3) is 117 Å². The van der Waals surface area contributed by atoms with Crippen LogP contribution >= 0.6 is 11.6 Å². The summed E-state index contributed by atoms with van der Waals surface area (Å²) in [4.78, 5) is 32.6. The van der Waals surface area contributed by atoms with Gasteiger partial charge in [0.1, 0.15) is 40.9 Å². The van der Waals surface area contributed by atoms with E-state index in [0.29, 0.717) is 30.3 Å². The number of hydrogen-bond donors (Lipinski definition) is 2. The molecule has 0 aliphatic carbocycles. The molecule has 0 aliphatic rings. The predicted octanol–water partition coefficient (Wildman–Crippen LogP) is 23.5. The van der Waals surface area contributed by atoms with Crippen molar-refractivity contribution in [2.45, 2.75) is 66.8 Å². The zero-order chi connectivity index (χ0) is 83.0. The highest BCUT2D eigenvalue weighted by Gasteiger charge is 2.20. The summed E-state index contributed by atoms with van der Waals surface area (Å²) in [5, 5.41) is 52.5. The molecule has 0 saturated heterocycles. The van der Waals surface area contributed by atoms with Crippen molar-refractivity contribution in [3.05, 3.63) is 393 Å². The number of aryl methyl sites for hydroxylation is 4. The number of para-hydroxylation sites is 5. The van der Waals surface area contributed by atoms with Crippen molar-refractivity contribution in [2.24, 2.45) is 0 Å². The van der Waals surface area contributed by atoms with Crippen molar-refractivity contribution in [3.8, 4) is 67.9 Å². The number of non-ortho nitro benzene ring substituents is 1. The molecule has 0 bridgehead atoms. The van der Waals surface area contributed by atoms with Gasteiger partial charge in [0.15, 0.2) is 5.76 Å². The van der Waals surface area contributed by atoms with Crippen LogP contribution in [0.3, 0.4) is 0 Å². The molecule has 2 N–H and O–H groups in total. The van der Waals surface area contributed by atoms with Gasteiger partial charge in [-0.15, -0.1) is 0 Å². The number of fused-ring (bicyclic) bond motifs is 5. The van der Waals surface area contributed by atoms with Crippen LogP contribution in [0.15, 0.2) is 338 Å². The highest BCUT2D eigenvalue weighted by Crippen LogP contribution is 2.36. The zero-order valence-corrected chi connectivity index (χ0v) is 67.4. The summed E-state index contributed by atoms with van der Waals surface area (Å²) in [6, 6.07) is 111. The average molecular weight is 1600 g/mol. The Kier molecular flexibility index (Phi) is 24.9. The Morgan fingerprint density at radius 2 is 0.858 bits per heavy atom. The zero-order valence-electron chi connectivity index (χ0n) is 66.7. The van der Waals surface area contributed by atoms with E-state index in [1.165, 1.54) is 56.1 Å². The molecular formula is C100H84ClN11O8. The molecule has 6 heterocycles. The number of furan rings is 1. The van der Waals surface area contributed by atoms with Gasteiger partial charge in [0.25, 0.3) is 5.69 Å². The molecular weight excluding hydrogens is 1520 g/mol.